The minimum Gasteiger partial charge on any atom is -0.493 e. The van der Waals surface area contributed by atoms with Crippen molar-refractivity contribution in [1.82, 2.24) is 10.6 Å². The number of halogens is 1. The van der Waals surface area contributed by atoms with E-state index >= 15 is 0 Å². The Morgan fingerprint density at radius 3 is 2.18 bits per heavy atom. The maximum absolute atomic E-state index is 13.6. The minimum atomic E-state index is -0.835. The summed E-state index contributed by atoms with van der Waals surface area (Å²) in [7, 11) is 4.34. The molecule has 0 aliphatic rings. The summed E-state index contributed by atoms with van der Waals surface area (Å²) < 4.78 is 29.3. The fraction of sp³-hybridized carbons (Fsp3) is 0.300. The van der Waals surface area contributed by atoms with Crippen molar-refractivity contribution in [1.29, 1.82) is 0 Å². The molecular weight excluding hydrogens is 367 g/mol. The Kier molecular flexibility index (Phi) is 7.20. The van der Waals surface area contributed by atoms with Gasteiger partial charge in [-0.15, -0.1) is 0 Å². The zero-order valence-electron chi connectivity index (χ0n) is 16.2. The summed E-state index contributed by atoms with van der Waals surface area (Å²) in [6, 6.07) is 8.28. The third-order valence-corrected chi connectivity index (χ3v) is 4.08. The molecule has 0 saturated heterocycles. The molecule has 0 radical (unpaired) electrons. The summed E-state index contributed by atoms with van der Waals surface area (Å²) in [5, 5.41) is 5.19. The van der Waals surface area contributed by atoms with Gasteiger partial charge in [0.25, 0.3) is 5.91 Å². The van der Waals surface area contributed by atoms with Crippen molar-refractivity contribution in [2.75, 3.05) is 21.3 Å². The molecule has 0 heterocycles. The number of rotatable bonds is 8. The van der Waals surface area contributed by atoms with Crippen molar-refractivity contribution in [2.24, 2.45) is 0 Å². The van der Waals surface area contributed by atoms with Crippen LogP contribution in [0.4, 0.5) is 4.39 Å². The Hall–Kier alpha value is -3.29. The van der Waals surface area contributed by atoms with Crippen molar-refractivity contribution in [2.45, 2.75) is 19.5 Å². The highest BCUT2D eigenvalue weighted by Gasteiger charge is 2.20. The van der Waals surface area contributed by atoms with Crippen LogP contribution in [0.1, 0.15) is 22.8 Å². The Labute approximate surface area is 162 Å². The van der Waals surface area contributed by atoms with E-state index in [0.717, 1.165) is 0 Å². The van der Waals surface area contributed by atoms with Gasteiger partial charge < -0.3 is 24.8 Å². The van der Waals surface area contributed by atoms with E-state index in [-0.39, 0.29) is 12.1 Å². The molecule has 2 rings (SSSR count). The molecule has 1 atom stereocenters. The fourth-order valence-corrected chi connectivity index (χ4v) is 2.53. The molecule has 0 fully saturated rings. The lowest BCUT2D eigenvalue weighted by molar-refractivity contribution is -0.122. The largest absolute Gasteiger partial charge is 0.493 e. The van der Waals surface area contributed by atoms with Crippen LogP contribution < -0.4 is 24.8 Å². The second-order valence-corrected chi connectivity index (χ2v) is 5.92. The molecule has 2 amide bonds. The highest BCUT2D eigenvalue weighted by Crippen LogP contribution is 2.38. The van der Waals surface area contributed by atoms with Crippen LogP contribution in [0.25, 0.3) is 0 Å². The van der Waals surface area contributed by atoms with Gasteiger partial charge in [-0.05, 0) is 25.1 Å². The van der Waals surface area contributed by atoms with Gasteiger partial charge in [0.05, 0.1) is 21.3 Å². The smallest absolute Gasteiger partial charge is 0.252 e. The van der Waals surface area contributed by atoms with E-state index in [1.807, 2.05) is 0 Å². The van der Waals surface area contributed by atoms with Crippen molar-refractivity contribution in [3.05, 3.63) is 53.3 Å². The molecule has 150 valence electrons. The van der Waals surface area contributed by atoms with E-state index in [1.54, 1.807) is 18.2 Å². The number of nitrogens with one attached hydrogen (secondary N) is 2. The number of methoxy groups -OCH3 is 3. The molecule has 0 aromatic heterocycles. The summed E-state index contributed by atoms with van der Waals surface area (Å²) in [5.41, 5.74) is 0.599. The van der Waals surface area contributed by atoms with Crippen LogP contribution in [0.5, 0.6) is 17.2 Å². The number of benzene rings is 2. The first-order valence-electron chi connectivity index (χ1n) is 8.53. The molecule has 8 heteroatoms. The van der Waals surface area contributed by atoms with Crippen LogP contribution in [0.15, 0.2) is 36.4 Å². The molecule has 2 aromatic carbocycles. The zero-order chi connectivity index (χ0) is 20.7. The Bertz CT molecular complexity index is 831. The van der Waals surface area contributed by atoms with Crippen molar-refractivity contribution in [3.63, 3.8) is 0 Å². The topological polar surface area (TPSA) is 85.9 Å². The maximum Gasteiger partial charge on any atom is 0.252 e. The van der Waals surface area contributed by atoms with E-state index in [1.165, 1.54) is 46.5 Å². The Balaban J connectivity index is 2.05. The van der Waals surface area contributed by atoms with E-state index in [4.69, 9.17) is 14.2 Å². The van der Waals surface area contributed by atoms with Gasteiger partial charge in [0, 0.05) is 17.7 Å². The number of ether oxygens (including phenoxy) is 3. The maximum atomic E-state index is 13.6. The first kappa shape index (κ1) is 21.0. The third kappa shape index (κ3) is 4.91. The molecule has 2 aromatic rings. The minimum absolute atomic E-state index is 0.0237. The second kappa shape index (κ2) is 9.59. The van der Waals surface area contributed by atoms with Gasteiger partial charge in [-0.3, -0.25) is 9.59 Å². The molecule has 7 nitrogen and oxygen atoms in total. The molecule has 0 unspecified atom stereocenters. The zero-order valence-corrected chi connectivity index (χ0v) is 16.2. The van der Waals surface area contributed by atoms with Gasteiger partial charge in [0.2, 0.25) is 11.7 Å². The normalized spacial score (nSPS) is 11.3. The third-order valence-electron chi connectivity index (χ3n) is 4.08. The summed E-state index contributed by atoms with van der Waals surface area (Å²) in [5.74, 6) is -0.335. The highest BCUT2D eigenvalue weighted by atomic mass is 19.1. The summed E-state index contributed by atoms with van der Waals surface area (Å²) >= 11 is 0. The highest BCUT2D eigenvalue weighted by molar-refractivity contribution is 5.98. The molecule has 0 aliphatic heterocycles. The van der Waals surface area contributed by atoms with E-state index < -0.39 is 23.7 Å². The number of carbonyl (C=O) groups excluding carboxylic acids is 2. The van der Waals surface area contributed by atoms with E-state index in [9.17, 15) is 14.0 Å². The second-order valence-electron chi connectivity index (χ2n) is 5.92. The van der Waals surface area contributed by atoms with Gasteiger partial charge in [0.1, 0.15) is 11.9 Å². The van der Waals surface area contributed by atoms with Crippen LogP contribution in [0.3, 0.4) is 0 Å². The molecule has 2 N–H and O–H groups in total. The van der Waals surface area contributed by atoms with Crippen LogP contribution in [0.2, 0.25) is 0 Å². The van der Waals surface area contributed by atoms with E-state index in [0.29, 0.717) is 22.8 Å². The molecule has 0 spiro atoms. The molecule has 28 heavy (non-hydrogen) atoms. The van der Waals surface area contributed by atoms with Gasteiger partial charge in [-0.2, -0.15) is 0 Å². The predicted molar refractivity (Wildman–Crippen MR) is 101 cm³/mol. The predicted octanol–water partition coefficient (Wildman–Crippen LogP) is 2.29. The first-order valence-corrected chi connectivity index (χ1v) is 8.53. The number of hydrogen-bond acceptors (Lipinski definition) is 5. The van der Waals surface area contributed by atoms with Crippen molar-refractivity contribution < 1.29 is 28.2 Å². The van der Waals surface area contributed by atoms with Gasteiger partial charge >= 0.3 is 0 Å². The number of hydrogen-bond donors (Lipinski definition) is 2. The average Bonchev–Trinajstić information content (AvgIpc) is 2.71. The molecule has 0 aliphatic carbocycles. The SMILES string of the molecule is COc1cc(C(=O)N[C@@H](C)C(=O)NCc2ccccc2F)cc(OC)c1OC. The molecule has 0 saturated carbocycles. The van der Waals surface area contributed by atoms with Gasteiger partial charge in [-0.25, -0.2) is 4.39 Å². The first-order chi connectivity index (χ1) is 13.4. The summed E-state index contributed by atoms with van der Waals surface area (Å²) in [6.07, 6.45) is 0. The quantitative estimate of drug-likeness (QED) is 0.722. The van der Waals surface area contributed by atoms with Gasteiger partial charge in [-0.1, -0.05) is 18.2 Å². The lowest BCUT2D eigenvalue weighted by Gasteiger charge is -2.17. The van der Waals surface area contributed by atoms with E-state index in [2.05, 4.69) is 10.6 Å². The van der Waals surface area contributed by atoms with Crippen molar-refractivity contribution >= 4 is 11.8 Å². The van der Waals surface area contributed by atoms with Crippen LogP contribution in [0, 0.1) is 5.82 Å². The standard InChI is InChI=1S/C20H23FN2O5/c1-12(19(24)22-11-13-7-5-6-8-15(13)21)23-20(25)14-9-16(26-2)18(28-4)17(10-14)27-3/h5-10,12H,11H2,1-4H3,(H,22,24)(H,23,25)/t12-/m0/s1. The number of carbonyl (C=O) groups is 2. The fourth-order valence-electron chi connectivity index (χ4n) is 2.53. The lowest BCUT2D eigenvalue weighted by atomic mass is 10.1. The van der Waals surface area contributed by atoms with Crippen LogP contribution in [-0.2, 0) is 11.3 Å². The van der Waals surface area contributed by atoms with Crippen molar-refractivity contribution in [3.8, 4) is 17.2 Å². The van der Waals surface area contributed by atoms with Gasteiger partial charge in [0.15, 0.2) is 11.5 Å². The lowest BCUT2D eigenvalue weighted by Crippen LogP contribution is -2.44. The van der Waals surface area contributed by atoms with Crippen LogP contribution in [-0.4, -0.2) is 39.2 Å². The Morgan fingerprint density at radius 1 is 1.04 bits per heavy atom. The molecular formula is C20H23FN2O5. The summed E-state index contributed by atoms with van der Waals surface area (Å²) in [6.45, 7) is 1.56. The molecule has 0 bridgehead atoms. The monoisotopic (exact) mass is 390 g/mol. The van der Waals surface area contributed by atoms with Crippen LogP contribution >= 0.6 is 0 Å². The summed E-state index contributed by atoms with van der Waals surface area (Å²) in [4.78, 5) is 24.7. The average molecular weight is 390 g/mol. The Morgan fingerprint density at radius 2 is 1.64 bits per heavy atom. The number of amides is 2.